The zero-order valence-electron chi connectivity index (χ0n) is 3.50. The Kier molecular flexibility index (Phi) is 15.4. The van der Waals surface area contributed by atoms with Crippen molar-refractivity contribution in [2.24, 2.45) is 5.34 Å². The summed E-state index contributed by atoms with van der Waals surface area (Å²) < 4.78 is 8.88. The van der Waals surface area contributed by atoms with Gasteiger partial charge in [0.25, 0.3) is 0 Å². The fourth-order valence-corrected chi connectivity index (χ4v) is 0. The predicted octanol–water partition coefficient (Wildman–Crippen LogP) is -1.44. The Morgan fingerprint density at radius 3 is 1.22 bits per heavy atom. The molecular weight excluding hydrogens is 164 g/mol. The number of phosphoric acid groups is 1. The molecule has 0 saturated heterocycles. The average molecular weight is 169 g/mol. The van der Waals surface area contributed by atoms with E-state index in [4.69, 9.17) is 29.4 Å². The molecule has 0 aliphatic heterocycles. The Hall–Kier alpha value is 0.510. The van der Waals surface area contributed by atoms with Crippen LogP contribution in [0.3, 0.4) is 0 Å². The molecule has 0 radical (unpaired) electrons. The quantitative estimate of drug-likeness (QED) is 0.152. The summed E-state index contributed by atoms with van der Waals surface area (Å²) in [7, 11) is -4.64. The van der Waals surface area contributed by atoms with E-state index in [9.17, 15) is 0 Å². The Morgan fingerprint density at radius 2 is 1.22 bits per heavy atom. The van der Waals surface area contributed by atoms with Crippen LogP contribution in [-0.2, 0) is 4.57 Å². The van der Waals surface area contributed by atoms with E-state index in [-0.39, 0.29) is 29.6 Å². The molecule has 7 nitrogen and oxygen atoms in total. The first-order valence-electron chi connectivity index (χ1n) is 1.17. The van der Waals surface area contributed by atoms with E-state index in [1.807, 2.05) is 0 Å². The van der Waals surface area contributed by atoms with Gasteiger partial charge < -0.3 is 19.9 Å². The first kappa shape index (κ1) is 16.3. The molecule has 0 fully saturated rings. The van der Waals surface area contributed by atoms with Crippen molar-refractivity contribution in [3.8, 4) is 0 Å². The second-order valence-electron chi connectivity index (χ2n) is 0.595. The molecule has 9 heavy (non-hydrogen) atoms. The first-order valence-corrected chi connectivity index (χ1v) is 2.73. The van der Waals surface area contributed by atoms with Gasteiger partial charge in [-0.3, -0.25) is 0 Å². The van der Waals surface area contributed by atoms with Gasteiger partial charge in [0.2, 0.25) is 0 Å². The molecule has 0 bridgehead atoms. The van der Waals surface area contributed by atoms with Crippen LogP contribution in [0, 0.1) is 4.91 Å². The van der Waals surface area contributed by atoms with Crippen LogP contribution in [0.1, 0.15) is 0 Å². The third-order valence-corrected chi connectivity index (χ3v) is 0. The maximum atomic E-state index is 8.88. The first-order chi connectivity index (χ1) is 3.41. The minimum absolute atomic E-state index is 0. The molecule has 0 aliphatic carbocycles. The molecule has 9 heteroatoms. The summed E-state index contributed by atoms with van der Waals surface area (Å²) in [5.74, 6) is 0. The van der Waals surface area contributed by atoms with Crippen molar-refractivity contribution in [2.75, 3.05) is 0 Å². The van der Waals surface area contributed by atoms with Gasteiger partial charge in [-0.2, -0.15) is 0 Å². The van der Waals surface area contributed by atoms with Gasteiger partial charge in [-0.15, -0.1) is 4.91 Å². The third kappa shape index (κ3) is 1390. The van der Waals surface area contributed by atoms with Gasteiger partial charge in [0.05, 0.1) is 0 Å². The van der Waals surface area contributed by atoms with Crippen LogP contribution in [0.15, 0.2) is 5.34 Å². The van der Waals surface area contributed by atoms with E-state index in [1.165, 1.54) is 5.34 Å². The van der Waals surface area contributed by atoms with Crippen LogP contribution in [0.2, 0.25) is 0 Å². The summed E-state index contributed by atoms with van der Waals surface area (Å²) in [6.45, 7) is 0. The average Bonchev–Trinajstić information content (AvgIpc) is 1.27. The predicted molar refractivity (Wildman–Crippen MR) is 29.0 cm³/mol. The monoisotopic (exact) mass is 169 g/mol. The summed E-state index contributed by atoms with van der Waals surface area (Å²) in [6, 6.07) is 0. The van der Waals surface area contributed by atoms with E-state index < -0.39 is 7.82 Å². The standard InChI is InChI=1S/HNO2.Na.H3O4P.H/c2-1-3;;1-5(2,3)4;/h(H,2,3);;(H3,1,2,3,4);. The van der Waals surface area contributed by atoms with Crippen LogP contribution < -0.4 is 0 Å². The third-order valence-electron chi connectivity index (χ3n) is 0. The van der Waals surface area contributed by atoms with Crippen molar-refractivity contribution in [1.82, 2.24) is 0 Å². The summed E-state index contributed by atoms with van der Waals surface area (Å²) >= 11 is 0. The van der Waals surface area contributed by atoms with E-state index in [0.29, 0.717) is 0 Å². The molecule has 4 N–H and O–H groups in total. The van der Waals surface area contributed by atoms with Gasteiger partial charge >= 0.3 is 37.4 Å². The Morgan fingerprint density at radius 1 is 1.22 bits per heavy atom. The molecule has 0 aromatic rings. The molecule has 0 heterocycles. The molecule has 0 saturated carbocycles. The van der Waals surface area contributed by atoms with Crippen molar-refractivity contribution >= 4 is 37.4 Å². The Bertz CT molecular complexity index is 87.0. The van der Waals surface area contributed by atoms with E-state index >= 15 is 0 Å². The number of nitrogens with zero attached hydrogens (tertiary/aromatic N) is 1. The maximum absolute atomic E-state index is 8.88. The van der Waals surface area contributed by atoms with Crippen LogP contribution in [0.5, 0.6) is 0 Å². The van der Waals surface area contributed by atoms with E-state index in [0.717, 1.165) is 0 Å². The fraction of sp³-hybridized carbons (Fsp3) is 0. The molecule has 0 amide bonds. The molecule has 0 aromatic carbocycles. The van der Waals surface area contributed by atoms with Gasteiger partial charge in [-0.05, 0) is 0 Å². The SMILES string of the molecule is O=NO.O=P(O)(O)O.[NaH]. The molecule has 0 aromatic heterocycles. The topological polar surface area (TPSA) is 127 Å². The normalized spacial score (nSPS) is 7.89. The van der Waals surface area contributed by atoms with Crippen LogP contribution in [0.25, 0.3) is 0 Å². The number of hydrogen-bond donors (Lipinski definition) is 4. The second kappa shape index (κ2) is 8.51. The van der Waals surface area contributed by atoms with E-state index in [2.05, 4.69) is 0 Å². The molecule has 0 spiro atoms. The zero-order valence-corrected chi connectivity index (χ0v) is 4.39. The Labute approximate surface area is 72.2 Å². The van der Waals surface area contributed by atoms with Gasteiger partial charge in [0, 0.05) is 0 Å². The van der Waals surface area contributed by atoms with Gasteiger partial charge in [-0.1, -0.05) is 0 Å². The van der Waals surface area contributed by atoms with Crippen molar-refractivity contribution < 1.29 is 24.5 Å². The van der Waals surface area contributed by atoms with E-state index in [1.54, 1.807) is 0 Å². The van der Waals surface area contributed by atoms with Crippen molar-refractivity contribution in [1.29, 1.82) is 0 Å². The zero-order chi connectivity index (χ0) is 7.21. The fourth-order valence-electron chi connectivity index (χ4n) is 0. The van der Waals surface area contributed by atoms with Gasteiger partial charge in [0.1, 0.15) is 0 Å². The molecule has 0 rings (SSSR count). The second-order valence-corrected chi connectivity index (χ2v) is 1.62. The minimum atomic E-state index is -4.64. The molecule has 0 unspecified atom stereocenters. The van der Waals surface area contributed by atoms with Crippen LogP contribution in [-0.4, -0.2) is 49.4 Å². The number of hydrogen-bond acceptors (Lipinski definition) is 3. The van der Waals surface area contributed by atoms with Crippen molar-refractivity contribution in [3.63, 3.8) is 0 Å². The molecular formula is H5NNaO6P. The van der Waals surface area contributed by atoms with Gasteiger partial charge in [-0.25, -0.2) is 4.57 Å². The van der Waals surface area contributed by atoms with Gasteiger partial charge in [0.15, 0.2) is 5.34 Å². The Balaban J connectivity index is -0.0000000800. The summed E-state index contributed by atoms with van der Waals surface area (Å²) in [5, 5.41) is 7.89. The molecule has 0 atom stereocenters. The summed E-state index contributed by atoms with van der Waals surface area (Å²) in [4.78, 5) is 29.7. The van der Waals surface area contributed by atoms with Crippen LogP contribution >= 0.6 is 7.82 Å². The summed E-state index contributed by atoms with van der Waals surface area (Å²) in [6.07, 6.45) is 0. The van der Waals surface area contributed by atoms with Crippen LogP contribution in [0.4, 0.5) is 0 Å². The van der Waals surface area contributed by atoms with Crippen molar-refractivity contribution in [2.45, 2.75) is 0 Å². The molecule has 52 valence electrons. The summed E-state index contributed by atoms with van der Waals surface area (Å²) in [5.41, 5.74) is 0. The molecule has 0 aliphatic rings. The van der Waals surface area contributed by atoms with Crippen molar-refractivity contribution in [3.05, 3.63) is 4.91 Å². The number of rotatable bonds is 0.